The van der Waals surface area contributed by atoms with E-state index >= 15 is 0 Å². The van der Waals surface area contributed by atoms with Crippen molar-refractivity contribution < 1.29 is 0 Å². The molecule has 0 saturated carbocycles. The van der Waals surface area contributed by atoms with Gasteiger partial charge in [-0.05, 0) is 91.1 Å². The number of fused-ring (bicyclic) bond motifs is 2. The molecule has 0 fully saturated rings. The maximum Gasteiger partial charge on any atom is 0.0532 e. The van der Waals surface area contributed by atoms with Crippen LogP contribution >= 0.6 is 11.8 Å². The second-order valence-corrected chi connectivity index (χ2v) is 19.5. The molecular formula is C47H64N2S. The normalized spacial score (nSPS) is 14.4. The third kappa shape index (κ3) is 7.27. The minimum atomic E-state index is -0.220. The Hall–Kier alpha value is -3.17. The summed E-state index contributed by atoms with van der Waals surface area (Å²) in [6.45, 7) is 37.4. The molecule has 0 spiro atoms. The molecule has 0 aliphatic carbocycles. The standard InChI is InChI=1S/C47H64N2S/c1-27(2)33-19-17-20-34(28(3)4)41(33)48-39-25-31(45(9,10)11)23-37-43(39)50-44-38(47(37,15)16)24-32(46(12,13)14)26-40(44)49-42-35(29(5)6)21-18-22-36(42)30(7)8/h17-30,48-49H,1-16H3. The Morgan fingerprint density at radius 3 is 1.06 bits per heavy atom. The molecule has 5 rings (SSSR count). The summed E-state index contributed by atoms with van der Waals surface area (Å²) in [5.74, 6) is 1.63. The smallest absolute Gasteiger partial charge is 0.0532 e. The van der Waals surface area contributed by atoms with E-state index in [2.05, 4.69) is 182 Å². The number of benzene rings is 4. The van der Waals surface area contributed by atoms with E-state index in [0.717, 1.165) is 0 Å². The van der Waals surface area contributed by atoms with Gasteiger partial charge in [0.05, 0.1) is 11.4 Å². The molecule has 1 aliphatic heterocycles. The SMILES string of the molecule is CC(C)c1cccc(C(C)C)c1Nc1cc(C(C)(C)C)cc2c1Sc1c(Nc3c(C(C)C)cccc3C(C)C)cc(C(C)(C)C)cc1C2(C)C. The van der Waals surface area contributed by atoms with Gasteiger partial charge >= 0.3 is 0 Å². The lowest BCUT2D eigenvalue weighted by Gasteiger charge is -2.39. The first-order chi connectivity index (χ1) is 23.1. The number of anilines is 4. The monoisotopic (exact) mass is 688 g/mol. The van der Waals surface area contributed by atoms with Gasteiger partial charge in [-0.3, -0.25) is 0 Å². The maximum absolute atomic E-state index is 4.12. The van der Waals surface area contributed by atoms with Gasteiger partial charge in [0.2, 0.25) is 0 Å². The van der Waals surface area contributed by atoms with Gasteiger partial charge in [0, 0.05) is 26.6 Å². The van der Waals surface area contributed by atoms with Crippen LogP contribution in [0.1, 0.15) is 179 Å². The molecule has 0 saturated heterocycles. The summed E-state index contributed by atoms with van der Waals surface area (Å²) < 4.78 is 0. The summed E-state index contributed by atoms with van der Waals surface area (Å²) in [6.07, 6.45) is 0. The largest absolute Gasteiger partial charge is 0.354 e. The minimum Gasteiger partial charge on any atom is -0.354 e. The highest BCUT2D eigenvalue weighted by atomic mass is 32.2. The number of hydrogen-bond donors (Lipinski definition) is 2. The number of para-hydroxylation sites is 2. The van der Waals surface area contributed by atoms with Gasteiger partial charge in [-0.25, -0.2) is 0 Å². The Kier molecular flexibility index (Phi) is 10.5. The molecule has 0 aromatic heterocycles. The highest BCUT2D eigenvalue weighted by Crippen LogP contribution is 2.57. The second-order valence-electron chi connectivity index (χ2n) is 18.5. The second kappa shape index (κ2) is 13.8. The van der Waals surface area contributed by atoms with Crippen molar-refractivity contribution in [1.29, 1.82) is 0 Å². The first kappa shape index (κ1) is 38.1. The lowest BCUT2D eigenvalue weighted by Crippen LogP contribution is -2.27. The van der Waals surface area contributed by atoms with Crippen molar-refractivity contribution in [3.05, 3.63) is 105 Å². The molecule has 0 radical (unpaired) electrons. The van der Waals surface area contributed by atoms with Crippen LogP contribution in [-0.2, 0) is 16.2 Å². The van der Waals surface area contributed by atoms with Crippen molar-refractivity contribution in [1.82, 2.24) is 0 Å². The van der Waals surface area contributed by atoms with Crippen LogP contribution in [0, 0.1) is 0 Å². The van der Waals surface area contributed by atoms with E-state index in [-0.39, 0.29) is 16.2 Å². The van der Waals surface area contributed by atoms with Crippen molar-refractivity contribution in [3.63, 3.8) is 0 Å². The molecule has 2 nitrogen and oxygen atoms in total. The molecule has 268 valence electrons. The average Bonchev–Trinajstić information content (AvgIpc) is 3.00. The maximum atomic E-state index is 4.12. The van der Waals surface area contributed by atoms with Crippen molar-refractivity contribution >= 4 is 34.5 Å². The van der Waals surface area contributed by atoms with Crippen molar-refractivity contribution in [3.8, 4) is 0 Å². The van der Waals surface area contributed by atoms with Crippen LogP contribution in [0.4, 0.5) is 22.7 Å². The van der Waals surface area contributed by atoms with Crippen LogP contribution in [0.3, 0.4) is 0 Å². The zero-order chi connectivity index (χ0) is 37.1. The number of hydrogen-bond acceptors (Lipinski definition) is 3. The molecule has 4 aromatic rings. The Morgan fingerprint density at radius 1 is 0.500 bits per heavy atom. The van der Waals surface area contributed by atoms with Gasteiger partial charge in [0.15, 0.2) is 0 Å². The zero-order valence-corrected chi connectivity index (χ0v) is 34.8. The van der Waals surface area contributed by atoms with Gasteiger partial charge in [-0.15, -0.1) is 0 Å². The van der Waals surface area contributed by atoms with Gasteiger partial charge in [0.25, 0.3) is 0 Å². The first-order valence-corrected chi connectivity index (χ1v) is 19.8. The summed E-state index contributed by atoms with van der Waals surface area (Å²) in [5.41, 5.74) is 15.7. The Labute approximate surface area is 309 Å². The summed E-state index contributed by atoms with van der Waals surface area (Å²) in [5, 5.41) is 8.25. The molecular weight excluding hydrogens is 625 g/mol. The molecule has 1 aliphatic rings. The summed E-state index contributed by atoms with van der Waals surface area (Å²) in [7, 11) is 0. The summed E-state index contributed by atoms with van der Waals surface area (Å²) in [4.78, 5) is 2.66. The summed E-state index contributed by atoms with van der Waals surface area (Å²) >= 11 is 1.95. The van der Waals surface area contributed by atoms with Gasteiger partial charge < -0.3 is 10.6 Å². The fourth-order valence-corrected chi connectivity index (χ4v) is 8.86. The van der Waals surface area contributed by atoms with E-state index in [4.69, 9.17) is 0 Å². The van der Waals surface area contributed by atoms with E-state index in [1.807, 2.05) is 11.8 Å². The molecule has 50 heavy (non-hydrogen) atoms. The highest BCUT2D eigenvalue weighted by molar-refractivity contribution is 7.99. The Balaban J connectivity index is 1.81. The average molecular weight is 689 g/mol. The van der Waals surface area contributed by atoms with Crippen LogP contribution in [0.2, 0.25) is 0 Å². The van der Waals surface area contributed by atoms with E-state index in [1.54, 1.807) is 0 Å². The Bertz CT molecular complexity index is 1690. The van der Waals surface area contributed by atoms with E-state index in [1.165, 1.54) is 77.0 Å². The van der Waals surface area contributed by atoms with Gasteiger partial charge in [-0.2, -0.15) is 0 Å². The molecule has 0 atom stereocenters. The fraction of sp³-hybridized carbons (Fsp3) is 0.489. The lowest BCUT2D eigenvalue weighted by molar-refractivity contribution is 0.565. The molecule has 0 amide bonds. The van der Waals surface area contributed by atoms with Crippen LogP contribution in [0.5, 0.6) is 0 Å². The third-order valence-corrected chi connectivity index (χ3v) is 12.0. The molecule has 3 heteroatoms. The lowest BCUT2D eigenvalue weighted by atomic mass is 9.73. The van der Waals surface area contributed by atoms with Crippen LogP contribution < -0.4 is 10.6 Å². The van der Waals surface area contributed by atoms with Crippen molar-refractivity contribution in [2.75, 3.05) is 10.6 Å². The number of rotatable bonds is 8. The van der Waals surface area contributed by atoms with Crippen LogP contribution in [-0.4, -0.2) is 0 Å². The zero-order valence-electron chi connectivity index (χ0n) is 34.0. The molecule has 2 N–H and O–H groups in total. The van der Waals surface area contributed by atoms with E-state index in [0.29, 0.717) is 23.7 Å². The quantitative estimate of drug-likeness (QED) is 0.193. The molecule has 0 bridgehead atoms. The van der Waals surface area contributed by atoms with Crippen LogP contribution in [0.25, 0.3) is 0 Å². The van der Waals surface area contributed by atoms with Gasteiger partial charge in [0.1, 0.15) is 0 Å². The number of nitrogens with one attached hydrogen (secondary N) is 2. The minimum absolute atomic E-state index is 0.00129. The van der Waals surface area contributed by atoms with Crippen molar-refractivity contribution in [2.45, 2.75) is 160 Å². The predicted octanol–water partition coefficient (Wildman–Crippen LogP) is 15.1. The summed E-state index contributed by atoms with van der Waals surface area (Å²) in [6, 6.07) is 23.6. The molecule has 0 unspecified atom stereocenters. The van der Waals surface area contributed by atoms with Crippen molar-refractivity contribution in [2.24, 2.45) is 0 Å². The van der Waals surface area contributed by atoms with Crippen LogP contribution in [0.15, 0.2) is 70.5 Å². The molecule has 4 aromatic carbocycles. The van der Waals surface area contributed by atoms with E-state index in [9.17, 15) is 0 Å². The topological polar surface area (TPSA) is 24.1 Å². The van der Waals surface area contributed by atoms with E-state index < -0.39 is 0 Å². The predicted molar refractivity (Wildman–Crippen MR) is 222 cm³/mol. The highest BCUT2D eigenvalue weighted by Gasteiger charge is 2.39. The fourth-order valence-electron chi connectivity index (χ4n) is 7.37. The molecule has 1 heterocycles. The first-order valence-electron chi connectivity index (χ1n) is 19.0. The van der Waals surface area contributed by atoms with Gasteiger partial charge in [-0.1, -0.05) is 171 Å². The third-order valence-electron chi connectivity index (χ3n) is 10.7. The Morgan fingerprint density at radius 2 is 0.800 bits per heavy atom.